The summed E-state index contributed by atoms with van der Waals surface area (Å²) in [7, 11) is 0. The van der Waals surface area contributed by atoms with Gasteiger partial charge in [0, 0.05) is 5.02 Å². The van der Waals surface area contributed by atoms with Crippen LogP contribution in [0.4, 0.5) is 5.69 Å². The predicted molar refractivity (Wildman–Crippen MR) is 125 cm³/mol. The zero-order valence-electron chi connectivity index (χ0n) is 15.9. The number of alkyl halides is 2. The number of phenols is 1. The van der Waals surface area contributed by atoms with Crippen molar-refractivity contribution in [2.24, 2.45) is 11.8 Å². The smallest absolute Gasteiger partial charge is 0.240 e. The molecule has 4 nitrogen and oxygen atoms in total. The van der Waals surface area contributed by atoms with Crippen molar-refractivity contribution in [2.45, 2.75) is 8.65 Å². The number of phenolic OH excluding ortho intramolecular Hbond substituents is 1. The molecule has 0 unspecified atom stereocenters. The monoisotopic (exact) mass is 557 g/mol. The number of hydrogen-bond acceptors (Lipinski definition) is 3. The molecule has 2 atom stereocenters. The molecule has 3 aromatic rings. The first-order valence-corrected chi connectivity index (χ1v) is 11.7. The number of anilines is 1. The Morgan fingerprint density at radius 2 is 1.19 bits per heavy atom. The lowest BCUT2D eigenvalue weighted by Crippen LogP contribution is -2.56. The van der Waals surface area contributed by atoms with E-state index in [1.54, 1.807) is 0 Å². The van der Waals surface area contributed by atoms with Crippen molar-refractivity contribution in [2.75, 3.05) is 4.90 Å². The second kappa shape index (κ2) is 6.21. The van der Waals surface area contributed by atoms with Gasteiger partial charge in [0.05, 0.1) is 26.2 Å². The molecule has 7 rings (SSSR count). The van der Waals surface area contributed by atoms with E-state index in [0.29, 0.717) is 5.02 Å². The number of imide groups is 1. The van der Waals surface area contributed by atoms with Crippen LogP contribution in [0.2, 0.25) is 5.02 Å². The Hall–Kier alpha value is -2.15. The quantitative estimate of drug-likeness (QED) is 0.319. The number of hydrogen-bond donors (Lipinski definition) is 1. The summed E-state index contributed by atoms with van der Waals surface area (Å²) in [5.74, 6) is -2.28. The Kier molecular flexibility index (Phi) is 3.91. The van der Waals surface area contributed by atoms with E-state index in [9.17, 15) is 14.7 Å². The van der Waals surface area contributed by atoms with Crippen LogP contribution >= 0.6 is 43.5 Å². The van der Waals surface area contributed by atoms with Crippen molar-refractivity contribution in [3.63, 3.8) is 0 Å². The van der Waals surface area contributed by atoms with Gasteiger partial charge in [0.25, 0.3) is 0 Å². The molecule has 0 aromatic heterocycles. The van der Waals surface area contributed by atoms with Crippen molar-refractivity contribution >= 4 is 61.0 Å². The molecular weight excluding hydrogens is 546 g/mol. The summed E-state index contributed by atoms with van der Waals surface area (Å²) in [6.45, 7) is 0. The van der Waals surface area contributed by atoms with E-state index in [2.05, 4.69) is 31.9 Å². The van der Waals surface area contributed by atoms with Gasteiger partial charge in [-0.15, -0.1) is 0 Å². The van der Waals surface area contributed by atoms with Crippen molar-refractivity contribution in [1.29, 1.82) is 0 Å². The molecule has 2 amide bonds. The average Bonchev–Trinajstić information content (AvgIpc) is 3.05. The lowest BCUT2D eigenvalue weighted by molar-refractivity contribution is -0.122. The van der Waals surface area contributed by atoms with E-state index in [1.165, 1.54) is 18.2 Å². The van der Waals surface area contributed by atoms with Gasteiger partial charge >= 0.3 is 0 Å². The van der Waals surface area contributed by atoms with Gasteiger partial charge in [-0.05, 0) is 40.5 Å². The number of amides is 2. The minimum atomic E-state index is -0.865. The minimum Gasteiger partial charge on any atom is -0.506 e. The third kappa shape index (κ3) is 2.16. The Morgan fingerprint density at radius 3 is 1.61 bits per heavy atom. The van der Waals surface area contributed by atoms with Crippen LogP contribution in [0.3, 0.4) is 0 Å². The summed E-state index contributed by atoms with van der Waals surface area (Å²) in [5, 5.41) is 10.8. The standard InChI is InChI=1S/C24H14Br2ClNO3/c25-23-13-5-1-2-6-14(13)24(26,16-8-4-3-7-15(16)23)20-19(23)21(30)28(22(20)31)17-11-12(27)9-10-18(17)29/h1-11,19-20,29H/t19-,20+,23?,24?. The van der Waals surface area contributed by atoms with Gasteiger partial charge < -0.3 is 5.11 Å². The SMILES string of the molecule is O=C1[C@@H]2[C@H](C(=O)N1c1cc(Cl)ccc1O)C1(Br)c3ccccc3C2(Br)c2ccccc21. The molecule has 2 bridgehead atoms. The second-order valence-electron chi connectivity index (χ2n) is 8.11. The number of carbonyl (C=O) groups excluding carboxylic acids is 2. The fourth-order valence-corrected chi connectivity index (χ4v) is 8.05. The van der Waals surface area contributed by atoms with Crippen LogP contribution in [-0.2, 0) is 18.2 Å². The van der Waals surface area contributed by atoms with E-state index < -0.39 is 20.5 Å². The number of benzene rings is 3. The zero-order valence-corrected chi connectivity index (χ0v) is 19.8. The number of aromatic hydroxyl groups is 1. The van der Waals surface area contributed by atoms with E-state index in [0.717, 1.165) is 27.2 Å². The van der Waals surface area contributed by atoms with Crippen LogP contribution in [0.15, 0.2) is 66.7 Å². The fraction of sp³-hybridized carbons (Fsp3) is 0.167. The van der Waals surface area contributed by atoms with Crippen molar-refractivity contribution in [3.8, 4) is 5.75 Å². The lowest BCUT2D eigenvalue weighted by Gasteiger charge is -2.55. The second-order valence-corrected chi connectivity index (χ2v) is 11.1. The van der Waals surface area contributed by atoms with Gasteiger partial charge in [0.1, 0.15) is 5.75 Å². The first kappa shape index (κ1) is 19.5. The van der Waals surface area contributed by atoms with E-state index in [4.69, 9.17) is 11.6 Å². The molecule has 7 heteroatoms. The molecule has 4 aliphatic rings. The first-order valence-electron chi connectivity index (χ1n) is 9.75. The van der Waals surface area contributed by atoms with Crippen molar-refractivity contribution in [1.82, 2.24) is 0 Å². The molecule has 0 saturated carbocycles. The Morgan fingerprint density at radius 1 is 0.774 bits per heavy atom. The van der Waals surface area contributed by atoms with Crippen molar-refractivity contribution in [3.05, 3.63) is 94.0 Å². The van der Waals surface area contributed by atoms with Gasteiger partial charge in [-0.3, -0.25) is 9.59 Å². The molecule has 1 saturated heterocycles. The highest BCUT2D eigenvalue weighted by atomic mass is 79.9. The normalized spacial score (nSPS) is 30.2. The molecule has 1 heterocycles. The summed E-state index contributed by atoms with van der Waals surface area (Å²) in [6, 6.07) is 20.2. The summed E-state index contributed by atoms with van der Waals surface area (Å²) in [6.07, 6.45) is 0. The third-order valence-corrected chi connectivity index (χ3v) is 9.69. The molecule has 1 N–H and O–H groups in total. The molecule has 0 spiro atoms. The molecule has 154 valence electrons. The molecule has 3 aromatic carbocycles. The van der Waals surface area contributed by atoms with Gasteiger partial charge in [-0.1, -0.05) is 92.0 Å². The van der Waals surface area contributed by atoms with E-state index in [1.807, 2.05) is 48.5 Å². The summed E-state index contributed by atoms with van der Waals surface area (Å²) in [5.41, 5.74) is 3.96. The highest BCUT2D eigenvalue weighted by molar-refractivity contribution is 9.10. The highest BCUT2D eigenvalue weighted by Crippen LogP contribution is 2.71. The van der Waals surface area contributed by atoms with Crippen LogP contribution < -0.4 is 4.90 Å². The maximum Gasteiger partial charge on any atom is 0.240 e. The summed E-state index contributed by atoms with van der Waals surface area (Å²) in [4.78, 5) is 28.8. The number of nitrogens with zero attached hydrogens (tertiary/aromatic N) is 1. The van der Waals surface area contributed by atoms with Gasteiger partial charge in [-0.2, -0.15) is 0 Å². The first-order chi connectivity index (χ1) is 14.8. The molecule has 1 aliphatic heterocycles. The summed E-state index contributed by atoms with van der Waals surface area (Å²) < 4.78 is -1.73. The maximum atomic E-state index is 13.9. The number of rotatable bonds is 1. The molecular formula is C24H14Br2ClNO3. The van der Waals surface area contributed by atoms with Crippen LogP contribution in [-0.4, -0.2) is 16.9 Å². The maximum absolute atomic E-state index is 13.9. The fourth-order valence-electron chi connectivity index (χ4n) is 5.58. The Balaban J connectivity index is 1.67. The van der Waals surface area contributed by atoms with Gasteiger partial charge in [-0.25, -0.2) is 4.90 Å². The third-order valence-electron chi connectivity index (χ3n) is 6.76. The van der Waals surface area contributed by atoms with Crippen LogP contribution in [0.25, 0.3) is 0 Å². The average molecular weight is 560 g/mol. The molecule has 31 heavy (non-hydrogen) atoms. The molecule has 1 fully saturated rings. The van der Waals surface area contributed by atoms with E-state index >= 15 is 0 Å². The minimum absolute atomic E-state index is 0.108. The predicted octanol–water partition coefficient (Wildman–Crippen LogP) is 5.46. The largest absolute Gasteiger partial charge is 0.506 e. The zero-order chi connectivity index (χ0) is 21.7. The molecule has 3 aliphatic carbocycles. The summed E-state index contributed by atoms with van der Waals surface area (Å²) >= 11 is 14.0. The van der Waals surface area contributed by atoms with Gasteiger partial charge in [0.2, 0.25) is 11.8 Å². The Bertz CT molecular complexity index is 1200. The lowest BCUT2D eigenvalue weighted by atomic mass is 9.54. The van der Waals surface area contributed by atoms with Crippen molar-refractivity contribution < 1.29 is 14.7 Å². The highest BCUT2D eigenvalue weighted by Gasteiger charge is 2.72. The number of halogens is 3. The Labute approximate surface area is 200 Å². The van der Waals surface area contributed by atoms with E-state index in [-0.39, 0.29) is 23.3 Å². The van der Waals surface area contributed by atoms with Gasteiger partial charge in [0.15, 0.2) is 0 Å². The van der Waals surface area contributed by atoms with Crippen LogP contribution in [0.1, 0.15) is 22.3 Å². The van der Waals surface area contributed by atoms with Crippen LogP contribution in [0, 0.1) is 11.8 Å². The molecule has 0 radical (unpaired) electrons. The van der Waals surface area contributed by atoms with Crippen LogP contribution in [0.5, 0.6) is 5.75 Å². The topological polar surface area (TPSA) is 57.6 Å². The number of carbonyl (C=O) groups is 2.